The van der Waals surface area contributed by atoms with Crippen molar-refractivity contribution in [3.05, 3.63) is 40.9 Å². The van der Waals surface area contributed by atoms with Crippen LogP contribution in [0.25, 0.3) is 0 Å². The van der Waals surface area contributed by atoms with Crippen molar-refractivity contribution in [2.24, 2.45) is 5.92 Å². The third-order valence-electron chi connectivity index (χ3n) is 5.70. The summed E-state index contributed by atoms with van der Waals surface area (Å²) in [7, 11) is 0. The monoisotopic (exact) mass is 355 g/mol. The zero-order chi connectivity index (χ0) is 18.3. The molecule has 0 unspecified atom stereocenters. The average Bonchev–Trinajstić information content (AvgIpc) is 2.78. The van der Waals surface area contributed by atoms with E-state index in [1.807, 2.05) is 30.9 Å². The van der Waals surface area contributed by atoms with Crippen LogP contribution >= 0.6 is 0 Å². The van der Waals surface area contributed by atoms with E-state index in [9.17, 15) is 4.79 Å². The number of aromatic nitrogens is 2. The molecule has 7 heteroatoms. The number of aryl methyl sites for hydroxylation is 2. The van der Waals surface area contributed by atoms with Gasteiger partial charge < -0.3 is 15.2 Å². The Morgan fingerprint density at radius 3 is 2.85 bits per heavy atom. The van der Waals surface area contributed by atoms with Crippen LogP contribution in [0.1, 0.15) is 35.4 Å². The Bertz CT molecular complexity index is 799. The number of nitrogen functional groups attached to an aromatic ring is 1. The molecule has 2 aromatic heterocycles. The van der Waals surface area contributed by atoms with Gasteiger partial charge in [0.25, 0.3) is 0 Å². The highest BCUT2D eigenvalue weighted by molar-refractivity contribution is 5.80. The van der Waals surface area contributed by atoms with Gasteiger partial charge in [0.15, 0.2) is 0 Å². The topological polar surface area (TPSA) is 88.5 Å². The fourth-order valence-corrected chi connectivity index (χ4v) is 4.19. The molecule has 2 N–H and O–H groups in total. The maximum atomic E-state index is 13.0. The van der Waals surface area contributed by atoms with Gasteiger partial charge in [-0.25, -0.2) is 4.98 Å². The van der Waals surface area contributed by atoms with E-state index in [1.54, 1.807) is 6.20 Å². The summed E-state index contributed by atoms with van der Waals surface area (Å²) >= 11 is 0. The zero-order valence-corrected chi connectivity index (χ0v) is 15.3. The van der Waals surface area contributed by atoms with Crippen LogP contribution < -0.4 is 5.73 Å². The zero-order valence-electron chi connectivity index (χ0n) is 15.3. The average molecular weight is 355 g/mol. The van der Waals surface area contributed by atoms with E-state index in [2.05, 4.69) is 15.0 Å². The second-order valence-electron chi connectivity index (χ2n) is 7.44. The van der Waals surface area contributed by atoms with Crippen LogP contribution in [-0.2, 0) is 17.9 Å². The predicted octanol–water partition coefficient (Wildman–Crippen LogP) is 1.89. The molecule has 3 aliphatic rings. The van der Waals surface area contributed by atoms with E-state index in [0.717, 1.165) is 55.1 Å². The molecular formula is C19H25N5O2. The molecule has 5 rings (SSSR count). The maximum absolute atomic E-state index is 13.0. The molecule has 0 spiro atoms. The van der Waals surface area contributed by atoms with E-state index in [-0.39, 0.29) is 17.9 Å². The molecule has 3 saturated heterocycles. The first kappa shape index (κ1) is 17.0. The standard InChI is InChI=1S/C19H25N5O2/c1-12-17(13(2)26-22-12)11-24-16-6-5-15(19(24)25)9-23(10-16)8-14-4-3-7-21-18(14)20/h3-4,7,15-16H,5-6,8-11H2,1-2H3,(H2,20,21)/t15-,16+/m0/s1. The van der Waals surface area contributed by atoms with Gasteiger partial charge in [-0.05, 0) is 32.8 Å². The minimum atomic E-state index is 0.0483. The van der Waals surface area contributed by atoms with Crippen molar-refractivity contribution in [3.63, 3.8) is 0 Å². The molecule has 5 heterocycles. The Morgan fingerprint density at radius 2 is 2.12 bits per heavy atom. The number of nitrogens with two attached hydrogens (primary N) is 1. The lowest BCUT2D eigenvalue weighted by atomic mass is 9.93. The molecule has 138 valence electrons. The lowest BCUT2D eigenvalue weighted by Gasteiger charge is -2.36. The maximum Gasteiger partial charge on any atom is 0.227 e. The molecular weight excluding hydrogens is 330 g/mol. The van der Waals surface area contributed by atoms with Crippen molar-refractivity contribution in [3.8, 4) is 0 Å². The molecule has 26 heavy (non-hydrogen) atoms. The Morgan fingerprint density at radius 1 is 1.27 bits per heavy atom. The van der Waals surface area contributed by atoms with Crippen molar-refractivity contribution in [2.45, 2.75) is 45.8 Å². The molecule has 3 aliphatic heterocycles. The first-order valence-corrected chi connectivity index (χ1v) is 9.17. The highest BCUT2D eigenvalue weighted by Gasteiger charge is 2.41. The summed E-state index contributed by atoms with van der Waals surface area (Å²) in [5.74, 6) is 1.67. The van der Waals surface area contributed by atoms with Gasteiger partial charge in [-0.3, -0.25) is 9.69 Å². The van der Waals surface area contributed by atoms with Crippen molar-refractivity contribution in [2.75, 3.05) is 18.8 Å². The van der Waals surface area contributed by atoms with Gasteiger partial charge >= 0.3 is 0 Å². The van der Waals surface area contributed by atoms with E-state index in [4.69, 9.17) is 10.3 Å². The number of pyridine rings is 1. The molecule has 2 bridgehead atoms. The van der Waals surface area contributed by atoms with Crippen LogP contribution in [0.5, 0.6) is 0 Å². The number of hydrogen-bond donors (Lipinski definition) is 1. The van der Waals surface area contributed by atoms with Gasteiger partial charge in [0.1, 0.15) is 11.6 Å². The number of carbonyl (C=O) groups excluding carboxylic acids is 1. The van der Waals surface area contributed by atoms with Crippen LogP contribution in [-0.4, -0.2) is 45.0 Å². The largest absolute Gasteiger partial charge is 0.383 e. The summed E-state index contributed by atoms with van der Waals surface area (Å²) in [5, 5.41) is 4.03. The molecule has 3 fully saturated rings. The van der Waals surface area contributed by atoms with Gasteiger partial charge in [-0.2, -0.15) is 0 Å². The van der Waals surface area contributed by atoms with Gasteiger partial charge in [-0.15, -0.1) is 0 Å². The fraction of sp³-hybridized carbons (Fsp3) is 0.526. The summed E-state index contributed by atoms with van der Waals surface area (Å²) in [4.78, 5) is 21.6. The number of hydrogen-bond acceptors (Lipinski definition) is 6. The molecule has 0 aliphatic carbocycles. The van der Waals surface area contributed by atoms with Gasteiger partial charge in [0.2, 0.25) is 5.91 Å². The number of amides is 1. The second kappa shape index (κ2) is 6.72. The Hall–Kier alpha value is -2.41. The van der Waals surface area contributed by atoms with E-state index < -0.39 is 0 Å². The first-order chi connectivity index (χ1) is 12.5. The Labute approximate surface area is 153 Å². The Balaban J connectivity index is 1.54. The number of anilines is 1. The number of rotatable bonds is 4. The summed E-state index contributed by atoms with van der Waals surface area (Å²) in [6.45, 7) is 6.81. The van der Waals surface area contributed by atoms with Gasteiger partial charge in [0, 0.05) is 43.0 Å². The van der Waals surface area contributed by atoms with Crippen molar-refractivity contribution < 1.29 is 9.32 Å². The summed E-state index contributed by atoms with van der Waals surface area (Å²) in [5.41, 5.74) is 8.94. The number of nitrogens with zero attached hydrogens (tertiary/aromatic N) is 4. The van der Waals surface area contributed by atoms with Crippen LogP contribution in [0.15, 0.2) is 22.9 Å². The van der Waals surface area contributed by atoms with Crippen molar-refractivity contribution in [1.82, 2.24) is 19.9 Å². The van der Waals surface area contributed by atoms with Crippen molar-refractivity contribution >= 4 is 11.7 Å². The first-order valence-electron chi connectivity index (χ1n) is 9.17. The summed E-state index contributed by atoms with van der Waals surface area (Å²) in [6, 6.07) is 4.14. The summed E-state index contributed by atoms with van der Waals surface area (Å²) < 4.78 is 5.28. The summed E-state index contributed by atoms with van der Waals surface area (Å²) in [6.07, 6.45) is 3.71. The molecule has 7 nitrogen and oxygen atoms in total. The highest BCUT2D eigenvalue weighted by Crippen LogP contribution is 2.32. The predicted molar refractivity (Wildman–Crippen MR) is 97.0 cm³/mol. The fourth-order valence-electron chi connectivity index (χ4n) is 4.19. The number of carbonyl (C=O) groups is 1. The van der Waals surface area contributed by atoms with E-state index in [1.165, 1.54) is 0 Å². The highest BCUT2D eigenvalue weighted by atomic mass is 16.5. The second-order valence-corrected chi connectivity index (χ2v) is 7.44. The molecule has 2 atom stereocenters. The third-order valence-corrected chi connectivity index (χ3v) is 5.70. The number of fused-ring (bicyclic) bond motifs is 4. The lowest BCUT2D eigenvalue weighted by molar-refractivity contribution is -0.140. The normalized spacial score (nSPS) is 23.5. The van der Waals surface area contributed by atoms with Crippen LogP contribution in [0.2, 0.25) is 0 Å². The minimum absolute atomic E-state index is 0.0483. The SMILES string of the molecule is Cc1noc(C)c1CN1C(=O)[C@H]2CC[C@@H]1CN(Cc1cccnc1N)C2. The molecule has 0 saturated carbocycles. The van der Waals surface area contributed by atoms with Crippen LogP contribution in [0.3, 0.4) is 0 Å². The molecule has 2 aromatic rings. The van der Waals surface area contributed by atoms with Crippen molar-refractivity contribution in [1.29, 1.82) is 0 Å². The minimum Gasteiger partial charge on any atom is -0.383 e. The molecule has 0 aromatic carbocycles. The molecule has 0 radical (unpaired) electrons. The smallest absolute Gasteiger partial charge is 0.227 e. The van der Waals surface area contributed by atoms with Crippen LogP contribution in [0, 0.1) is 19.8 Å². The molecule has 1 amide bonds. The van der Waals surface area contributed by atoms with E-state index >= 15 is 0 Å². The van der Waals surface area contributed by atoms with Crippen LogP contribution in [0.4, 0.5) is 5.82 Å². The van der Waals surface area contributed by atoms with E-state index in [0.29, 0.717) is 12.4 Å². The third kappa shape index (κ3) is 3.07. The lowest BCUT2D eigenvalue weighted by Crippen LogP contribution is -2.47. The Kier molecular flexibility index (Phi) is 4.40. The van der Waals surface area contributed by atoms with Gasteiger partial charge in [-0.1, -0.05) is 11.2 Å². The van der Waals surface area contributed by atoms with Gasteiger partial charge in [0.05, 0.1) is 18.2 Å². The number of piperidine rings is 1. The quantitative estimate of drug-likeness (QED) is 0.901.